The summed E-state index contributed by atoms with van der Waals surface area (Å²) in [4.78, 5) is 11.3. The maximum atomic E-state index is 12.4. The highest BCUT2D eigenvalue weighted by molar-refractivity contribution is 5.71. The van der Waals surface area contributed by atoms with Crippen LogP contribution in [0.4, 0.5) is 13.2 Å². The zero-order chi connectivity index (χ0) is 14.7. The number of aliphatic hydroxyl groups is 1. The first kappa shape index (κ1) is 15.5. The van der Waals surface area contributed by atoms with Gasteiger partial charge in [0.2, 0.25) is 0 Å². The lowest BCUT2D eigenvalue weighted by Crippen LogP contribution is -2.26. The van der Waals surface area contributed by atoms with Crippen molar-refractivity contribution in [3.8, 4) is 0 Å². The van der Waals surface area contributed by atoms with Crippen molar-refractivity contribution in [2.45, 2.75) is 32.0 Å². The molecule has 0 radical (unpaired) electrons. The van der Waals surface area contributed by atoms with Crippen LogP contribution in [0.5, 0.6) is 0 Å². The monoisotopic (exact) mass is 276 g/mol. The van der Waals surface area contributed by atoms with Crippen molar-refractivity contribution >= 4 is 5.97 Å². The highest BCUT2D eigenvalue weighted by Gasteiger charge is 2.32. The van der Waals surface area contributed by atoms with Gasteiger partial charge in [-0.25, -0.2) is 0 Å². The zero-order valence-electron chi connectivity index (χ0n) is 10.6. The Morgan fingerprint density at radius 1 is 1.21 bits per heavy atom. The van der Waals surface area contributed by atoms with Gasteiger partial charge >= 0.3 is 12.1 Å². The fraction of sp³-hybridized carbons (Fsp3) is 0.462. The second kappa shape index (κ2) is 5.61. The van der Waals surface area contributed by atoms with Gasteiger partial charge in [-0.2, -0.15) is 13.2 Å². The highest BCUT2D eigenvalue weighted by atomic mass is 19.4. The van der Waals surface area contributed by atoms with E-state index in [0.717, 1.165) is 24.3 Å². The summed E-state index contributed by atoms with van der Waals surface area (Å²) in [5, 5.41) is 10.1. The van der Waals surface area contributed by atoms with E-state index in [0.29, 0.717) is 0 Å². The standard InChI is InChI=1S/C13H15F3O3/c1-3-19-11(17)8-12(2,18)9-4-6-10(7-5-9)13(14,15)16/h4-7,18H,3,8H2,1-2H3. The second-order valence-corrected chi connectivity index (χ2v) is 4.33. The van der Waals surface area contributed by atoms with Crippen molar-refractivity contribution in [2.75, 3.05) is 6.61 Å². The Balaban J connectivity index is 2.87. The molecule has 1 unspecified atom stereocenters. The van der Waals surface area contributed by atoms with Crippen LogP contribution < -0.4 is 0 Å². The molecule has 1 aromatic carbocycles. The maximum absolute atomic E-state index is 12.4. The summed E-state index contributed by atoms with van der Waals surface area (Å²) >= 11 is 0. The lowest BCUT2D eigenvalue weighted by molar-refractivity contribution is -0.148. The summed E-state index contributed by atoms with van der Waals surface area (Å²) in [7, 11) is 0. The number of ether oxygens (including phenoxy) is 1. The van der Waals surface area contributed by atoms with Crippen molar-refractivity contribution in [1.29, 1.82) is 0 Å². The van der Waals surface area contributed by atoms with Gasteiger partial charge in [-0.15, -0.1) is 0 Å². The second-order valence-electron chi connectivity index (χ2n) is 4.33. The molecular formula is C13H15F3O3. The van der Waals surface area contributed by atoms with Crippen LogP contribution in [0.2, 0.25) is 0 Å². The molecule has 0 amide bonds. The van der Waals surface area contributed by atoms with E-state index in [1.54, 1.807) is 6.92 Å². The van der Waals surface area contributed by atoms with Crippen molar-refractivity contribution in [2.24, 2.45) is 0 Å². The summed E-state index contributed by atoms with van der Waals surface area (Å²) < 4.78 is 41.9. The van der Waals surface area contributed by atoms with Gasteiger partial charge in [0.25, 0.3) is 0 Å². The largest absolute Gasteiger partial charge is 0.466 e. The van der Waals surface area contributed by atoms with Crippen LogP contribution in [0.25, 0.3) is 0 Å². The Morgan fingerprint density at radius 2 is 1.68 bits per heavy atom. The van der Waals surface area contributed by atoms with Gasteiger partial charge in [0.15, 0.2) is 0 Å². The van der Waals surface area contributed by atoms with Crippen molar-refractivity contribution in [3.05, 3.63) is 35.4 Å². The van der Waals surface area contributed by atoms with E-state index in [1.807, 2.05) is 0 Å². The van der Waals surface area contributed by atoms with Crippen LogP contribution in [0.3, 0.4) is 0 Å². The van der Waals surface area contributed by atoms with Crippen molar-refractivity contribution < 1.29 is 27.8 Å². The van der Waals surface area contributed by atoms with E-state index in [-0.39, 0.29) is 18.6 Å². The summed E-state index contributed by atoms with van der Waals surface area (Å²) in [6.45, 7) is 3.17. The number of hydrogen-bond donors (Lipinski definition) is 1. The molecule has 0 aliphatic heterocycles. The van der Waals surface area contributed by atoms with Crippen LogP contribution in [-0.2, 0) is 21.3 Å². The van der Waals surface area contributed by atoms with Crippen LogP contribution in [-0.4, -0.2) is 17.7 Å². The molecule has 1 rings (SSSR count). The molecule has 0 heterocycles. The Kier molecular flexibility index (Phi) is 4.57. The number of carbonyl (C=O) groups excluding carboxylic acids is 1. The van der Waals surface area contributed by atoms with Gasteiger partial charge in [0.05, 0.1) is 24.2 Å². The minimum Gasteiger partial charge on any atom is -0.466 e. The van der Waals surface area contributed by atoms with Crippen LogP contribution in [0.15, 0.2) is 24.3 Å². The first-order valence-corrected chi connectivity index (χ1v) is 5.72. The predicted octanol–water partition coefficient (Wildman–Crippen LogP) is 2.87. The number of benzene rings is 1. The number of rotatable bonds is 4. The topological polar surface area (TPSA) is 46.5 Å². The number of carbonyl (C=O) groups is 1. The fourth-order valence-corrected chi connectivity index (χ4v) is 1.61. The van der Waals surface area contributed by atoms with Gasteiger partial charge in [0.1, 0.15) is 0 Å². The van der Waals surface area contributed by atoms with E-state index in [2.05, 4.69) is 0 Å². The van der Waals surface area contributed by atoms with Gasteiger partial charge in [0, 0.05) is 0 Å². The molecule has 19 heavy (non-hydrogen) atoms. The number of alkyl halides is 3. The first-order valence-electron chi connectivity index (χ1n) is 5.72. The van der Waals surface area contributed by atoms with E-state index >= 15 is 0 Å². The Labute approximate surface area is 109 Å². The van der Waals surface area contributed by atoms with Gasteiger partial charge in [-0.05, 0) is 31.5 Å². The fourth-order valence-electron chi connectivity index (χ4n) is 1.61. The Hall–Kier alpha value is -1.56. The molecule has 6 heteroatoms. The predicted molar refractivity (Wildman–Crippen MR) is 62.3 cm³/mol. The average Bonchev–Trinajstić information content (AvgIpc) is 2.27. The molecule has 3 nitrogen and oxygen atoms in total. The maximum Gasteiger partial charge on any atom is 0.416 e. The molecule has 0 saturated heterocycles. The van der Waals surface area contributed by atoms with Gasteiger partial charge in [-0.1, -0.05) is 12.1 Å². The third-order valence-corrected chi connectivity index (χ3v) is 2.63. The number of esters is 1. The lowest BCUT2D eigenvalue weighted by atomic mass is 9.92. The van der Waals surface area contributed by atoms with E-state index < -0.39 is 23.3 Å². The quantitative estimate of drug-likeness (QED) is 0.860. The van der Waals surface area contributed by atoms with E-state index in [9.17, 15) is 23.1 Å². The molecule has 0 bridgehead atoms. The van der Waals surface area contributed by atoms with Gasteiger partial charge < -0.3 is 9.84 Å². The van der Waals surface area contributed by atoms with E-state index in [1.165, 1.54) is 6.92 Å². The van der Waals surface area contributed by atoms with Gasteiger partial charge in [-0.3, -0.25) is 4.79 Å². The molecule has 0 fully saturated rings. The molecule has 1 aromatic rings. The molecule has 106 valence electrons. The Bertz CT molecular complexity index is 435. The third-order valence-electron chi connectivity index (χ3n) is 2.63. The van der Waals surface area contributed by atoms with Crippen LogP contribution >= 0.6 is 0 Å². The first-order chi connectivity index (χ1) is 8.66. The summed E-state index contributed by atoms with van der Waals surface area (Å²) in [5.41, 5.74) is -2.13. The summed E-state index contributed by atoms with van der Waals surface area (Å²) in [5.74, 6) is -0.604. The minimum absolute atomic E-state index is 0.182. The summed E-state index contributed by atoms with van der Waals surface area (Å²) in [6, 6.07) is 4.05. The van der Waals surface area contributed by atoms with Crippen molar-refractivity contribution in [3.63, 3.8) is 0 Å². The smallest absolute Gasteiger partial charge is 0.416 e. The summed E-state index contributed by atoms with van der Waals surface area (Å²) in [6.07, 6.45) is -4.74. The molecule has 0 aliphatic carbocycles. The highest BCUT2D eigenvalue weighted by Crippen LogP contribution is 2.31. The third kappa shape index (κ3) is 4.24. The van der Waals surface area contributed by atoms with Crippen molar-refractivity contribution in [1.82, 2.24) is 0 Å². The molecule has 1 N–H and O–H groups in total. The molecule has 1 atom stereocenters. The zero-order valence-corrected chi connectivity index (χ0v) is 10.6. The minimum atomic E-state index is -4.43. The van der Waals surface area contributed by atoms with Crippen LogP contribution in [0, 0.1) is 0 Å². The molecule has 0 spiro atoms. The molecular weight excluding hydrogens is 261 g/mol. The van der Waals surface area contributed by atoms with E-state index in [4.69, 9.17) is 4.74 Å². The SMILES string of the molecule is CCOC(=O)CC(C)(O)c1ccc(C(F)(F)F)cc1. The average molecular weight is 276 g/mol. The normalized spacial score (nSPS) is 14.8. The number of halogens is 3. The molecule has 0 aromatic heterocycles. The molecule has 0 aliphatic rings. The lowest BCUT2D eigenvalue weighted by Gasteiger charge is -2.23. The Morgan fingerprint density at radius 3 is 2.11 bits per heavy atom. The van der Waals surface area contributed by atoms with Crippen LogP contribution in [0.1, 0.15) is 31.4 Å². The molecule has 0 saturated carbocycles. The number of hydrogen-bond acceptors (Lipinski definition) is 3.